The van der Waals surface area contributed by atoms with E-state index in [0.717, 1.165) is 16.8 Å². The lowest BCUT2D eigenvalue weighted by molar-refractivity contribution is -0.117. The van der Waals surface area contributed by atoms with Gasteiger partial charge in [-0.05, 0) is 35.6 Å². The number of aryl methyl sites for hydroxylation is 1. The Morgan fingerprint density at radius 3 is 2.41 bits per heavy atom. The first-order valence-electron chi connectivity index (χ1n) is 7.10. The first kappa shape index (κ1) is 18.1. The average Bonchev–Trinajstić information content (AvgIpc) is 2.43. The number of hydrogen-bond acceptors (Lipinski definition) is 2. The predicted molar refractivity (Wildman–Crippen MR) is 95.6 cm³/mol. The summed E-state index contributed by atoms with van der Waals surface area (Å²) < 4.78 is 0. The molecule has 2 aromatic rings. The van der Waals surface area contributed by atoms with Crippen LogP contribution in [0.4, 0.5) is 11.4 Å². The number of nitrogens with one attached hydrogen (secondary N) is 1. The number of rotatable bonds is 4. The molecule has 4 heteroatoms. The summed E-state index contributed by atoms with van der Waals surface area (Å²) in [6.45, 7) is 6.11. The van der Waals surface area contributed by atoms with Crippen molar-refractivity contribution in [1.29, 1.82) is 0 Å². The number of anilines is 2. The molecule has 0 aromatic heterocycles. The third kappa shape index (κ3) is 4.50. The van der Waals surface area contributed by atoms with Gasteiger partial charge in [-0.15, -0.1) is 12.4 Å². The molecule has 0 radical (unpaired) electrons. The molecule has 1 amide bonds. The molecule has 0 spiro atoms. The van der Waals surface area contributed by atoms with E-state index in [1.165, 1.54) is 0 Å². The van der Waals surface area contributed by atoms with Crippen molar-refractivity contribution in [2.45, 2.75) is 32.6 Å². The van der Waals surface area contributed by atoms with E-state index in [4.69, 9.17) is 5.73 Å². The van der Waals surface area contributed by atoms with Gasteiger partial charge < -0.3 is 11.1 Å². The third-order valence-electron chi connectivity index (χ3n) is 3.69. The van der Waals surface area contributed by atoms with Gasteiger partial charge in [-0.2, -0.15) is 0 Å². The van der Waals surface area contributed by atoms with Crippen molar-refractivity contribution in [3.8, 4) is 0 Å². The highest BCUT2D eigenvalue weighted by molar-refractivity contribution is 5.92. The van der Waals surface area contributed by atoms with Crippen LogP contribution >= 0.6 is 12.4 Å². The number of nitrogen functional groups attached to an aromatic ring is 1. The molecule has 0 aliphatic heterocycles. The molecule has 0 aliphatic rings. The molecule has 2 aromatic carbocycles. The van der Waals surface area contributed by atoms with Gasteiger partial charge in [0.2, 0.25) is 5.91 Å². The van der Waals surface area contributed by atoms with Crippen LogP contribution < -0.4 is 11.1 Å². The highest BCUT2D eigenvalue weighted by atomic mass is 35.5. The van der Waals surface area contributed by atoms with Gasteiger partial charge in [0.05, 0.1) is 0 Å². The smallest absolute Gasteiger partial charge is 0.225 e. The van der Waals surface area contributed by atoms with E-state index in [2.05, 4.69) is 31.3 Å². The van der Waals surface area contributed by atoms with Crippen molar-refractivity contribution in [2.24, 2.45) is 0 Å². The van der Waals surface area contributed by atoms with E-state index in [-0.39, 0.29) is 23.7 Å². The van der Waals surface area contributed by atoms with Crippen molar-refractivity contribution >= 4 is 29.7 Å². The zero-order valence-corrected chi connectivity index (χ0v) is 14.0. The number of carbonyl (C=O) groups is 1. The molecule has 118 valence electrons. The number of halogens is 1. The molecule has 2 rings (SSSR count). The second-order valence-electron chi connectivity index (χ2n) is 6.05. The summed E-state index contributed by atoms with van der Waals surface area (Å²) in [5.41, 5.74) is 9.16. The fourth-order valence-corrected chi connectivity index (χ4v) is 2.36. The fraction of sp³-hybridized carbons (Fsp3) is 0.278. The Kier molecular flexibility index (Phi) is 6.01. The van der Waals surface area contributed by atoms with Gasteiger partial charge in [-0.3, -0.25) is 4.79 Å². The van der Waals surface area contributed by atoms with Gasteiger partial charge in [0.25, 0.3) is 0 Å². The van der Waals surface area contributed by atoms with Crippen LogP contribution in [0, 0.1) is 6.92 Å². The highest BCUT2D eigenvalue weighted by Crippen LogP contribution is 2.27. The number of benzene rings is 2. The molecule has 0 fully saturated rings. The quantitative estimate of drug-likeness (QED) is 0.825. The molecule has 0 unspecified atom stereocenters. The Labute approximate surface area is 138 Å². The summed E-state index contributed by atoms with van der Waals surface area (Å²) in [6, 6.07) is 15.6. The third-order valence-corrected chi connectivity index (χ3v) is 3.69. The van der Waals surface area contributed by atoms with Gasteiger partial charge in [-0.1, -0.05) is 50.2 Å². The number of nitrogens with two attached hydrogens (primary N) is 1. The first-order chi connectivity index (χ1) is 9.88. The Morgan fingerprint density at radius 2 is 1.77 bits per heavy atom. The fourth-order valence-electron chi connectivity index (χ4n) is 2.36. The highest BCUT2D eigenvalue weighted by Gasteiger charge is 2.24. The van der Waals surface area contributed by atoms with E-state index in [0.29, 0.717) is 12.1 Å². The lowest BCUT2D eigenvalue weighted by Gasteiger charge is -2.24. The molecular formula is C18H23ClN2O. The van der Waals surface area contributed by atoms with Gasteiger partial charge in [0.1, 0.15) is 0 Å². The monoisotopic (exact) mass is 318 g/mol. The molecule has 0 atom stereocenters. The normalized spacial score (nSPS) is 10.7. The van der Waals surface area contributed by atoms with Crippen LogP contribution in [0.2, 0.25) is 0 Å². The van der Waals surface area contributed by atoms with Crippen LogP contribution in [-0.4, -0.2) is 5.91 Å². The van der Waals surface area contributed by atoms with Crippen molar-refractivity contribution in [2.75, 3.05) is 11.1 Å². The number of amides is 1. The SMILES string of the molecule is Cc1ccc(N)cc1NC(=O)CC(C)(C)c1ccccc1.Cl. The van der Waals surface area contributed by atoms with Crippen LogP contribution in [0.5, 0.6) is 0 Å². The van der Waals surface area contributed by atoms with Crippen molar-refractivity contribution < 1.29 is 4.79 Å². The van der Waals surface area contributed by atoms with E-state index >= 15 is 0 Å². The maximum Gasteiger partial charge on any atom is 0.225 e. The maximum atomic E-state index is 12.3. The molecule has 0 bridgehead atoms. The van der Waals surface area contributed by atoms with Gasteiger partial charge >= 0.3 is 0 Å². The predicted octanol–water partition coefficient (Wildman–Crippen LogP) is 4.31. The van der Waals surface area contributed by atoms with Crippen LogP contribution in [0.3, 0.4) is 0 Å². The van der Waals surface area contributed by atoms with Crippen LogP contribution in [0.1, 0.15) is 31.4 Å². The van der Waals surface area contributed by atoms with E-state index in [1.807, 2.05) is 37.3 Å². The van der Waals surface area contributed by atoms with Crippen molar-refractivity contribution in [1.82, 2.24) is 0 Å². The molecule has 0 saturated heterocycles. The molecular weight excluding hydrogens is 296 g/mol. The minimum Gasteiger partial charge on any atom is -0.399 e. The molecule has 0 heterocycles. The second-order valence-corrected chi connectivity index (χ2v) is 6.05. The van der Waals surface area contributed by atoms with Gasteiger partial charge in [-0.25, -0.2) is 0 Å². The summed E-state index contributed by atoms with van der Waals surface area (Å²) in [4.78, 5) is 12.3. The van der Waals surface area contributed by atoms with Crippen LogP contribution in [0.25, 0.3) is 0 Å². The van der Waals surface area contributed by atoms with Crippen LogP contribution in [0.15, 0.2) is 48.5 Å². The lowest BCUT2D eigenvalue weighted by Crippen LogP contribution is -2.26. The summed E-state index contributed by atoms with van der Waals surface area (Å²) in [7, 11) is 0. The Hall–Kier alpha value is -2.00. The summed E-state index contributed by atoms with van der Waals surface area (Å²) in [5.74, 6) is -0.00227. The standard InChI is InChI=1S/C18H22N2O.ClH/c1-13-9-10-15(19)11-16(13)20-17(21)12-18(2,3)14-7-5-4-6-8-14;/h4-11H,12,19H2,1-3H3,(H,20,21);1H. The molecule has 3 nitrogen and oxygen atoms in total. The minimum atomic E-state index is -0.209. The van der Waals surface area contributed by atoms with Gasteiger partial charge in [0, 0.05) is 17.8 Å². The molecule has 22 heavy (non-hydrogen) atoms. The molecule has 0 saturated carbocycles. The minimum absolute atomic E-state index is 0. The zero-order valence-electron chi connectivity index (χ0n) is 13.2. The Bertz CT molecular complexity index is 639. The zero-order chi connectivity index (χ0) is 15.5. The van der Waals surface area contributed by atoms with Gasteiger partial charge in [0.15, 0.2) is 0 Å². The van der Waals surface area contributed by atoms with Crippen molar-refractivity contribution in [3.05, 3.63) is 59.7 Å². The van der Waals surface area contributed by atoms with Crippen LogP contribution in [-0.2, 0) is 10.2 Å². The Morgan fingerprint density at radius 1 is 1.14 bits per heavy atom. The Balaban J connectivity index is 0.00000242. The second kappa shape index (κ2) is 7.32. The van der Waals surface area contributed by atoms with E-state index in [9.17, 15) is 4.79 Å². The topological polar surface area (TPSA) is 55.1 Å². The largest absolute Gasteiger partial charge is 0.399 e. The summed E-state index contributed by atoms with van der Waals surface area (Å²) in [6.07, 6.45) is 0.422. The van der Waals surface area contributed by atoms with E-state index in [1.54, 1.807) is 6.07 Å². The van der Waals surface area contributed by atoms with E-state index < -0.39 is 0 Å². The maximum absolute atomic E-state index is 12.3. The average molecular weight is 319 g/mol. The first-order valence-corrected chi connectivity index (χ1v) is 7.10. The summed E-state index contributed by atoms with van der Waals surface area (Å²) in [5, 5.41) is 2.96. The summed E-state index contributed by atoms with van der Waals surface area (Å²) >= 11 is 0. The van der Waals surface area contributed by atoms with Crippen molar-refractivity contribution in [3.63, 3.8) is 0 Å². The molecule has 0 aliphatic carbocycles. The number of carbonyl (C=O) groups excluding carboxylic acids is 1. The number of hydrogen-bond donors (Lipinski definition) is 2. The lowest BCUT2D eigenvalue weighted by atomic mass is 9.81. The molecule has 3 N–H and O–H groups in total.